The fourth-order valence-electron chi connectivity index (χ4n) is 2.84. The Morgan fingerprint density at radius 3 is 2.45 bits per heavy atom. The van der Waals surface area contributed by atoms with Crippen LogP contribution in [0.4, 0.5) is 0 Å². The van der Waals surface area contributed by atoms with E-state index in [-0.39, 0.29) is 12.0 Å². The molecule has 0 aromatic carbocycles. The van der Waals surface area contributed by atoms with Gasteiger partial charge in [-0.2, -0.15) is 0 Å². The first-order valence-electron chi connectivity index (χ1n) is 7.96. The minimum absolute atomic E-state index is 0.162. The molecule has 2 saturated carbocycles. The minimum Gasteiger partial charge on any atom is -0.468 e. The van der Waals surface area contributed by atoms with Crippen molar-refractivity contribution in [2.75, 3.05) is 13.7 Å². The second-order valence-corrected chi connectivity index (χ2v) is 7.04. The molecule has 4 nitrogen and oxygen atoms in total. The van der Waals surface area contributed by atoms with Gasteiger partial charge in [0.25, 0.3) is 0 Å². The molecule has 1 N–H and O–H groups in total. The lowest BCUT2D eigenvalue weighted by atomic mass is 9.76. The molecule has 2 aliphatic carbocycles. The summed E-state index contributed by atoms with van der Waals surface area (Å²) in [5.41, 5.74) is 0.474. The van der Waals surface area contributed by atoms with Gasteiger partial charge in [0.1, 0.15) is 6.04 Å². The molecule has 0 bridgehead atoms. The van der Waals surface area contributed by atoms with Gasteiger partial charge in [-0.05, 0) is 50.4 Å². The van der Waals surface area contributed by atoms with E-state index in [1.54, 1.807) is 0 Å². The third-order valence-corrected chi connectivity index (χ3v) is 4.55. The van der Waals surface area contributed by atoms with Crippen molar-refractivity contribution < 1.29 is 14.3 Å². The van der Waals surface area contributed by atoms with E-state index in [1.807, 2.05) is 0 Å². The first kappa shape index (κ1) is 15.8. The Morgan fingerprint density at radius 1 is 1.25 bits per heavy atom. The zero-order chi connectivity index (χ0) is 14.6. The minimum atomic E-state index is -0.201. The Balaban J connectivity index is 1.66. The lowest BCUT2D eigenvalue weighted by Crippen LogP contribution is -2.40. The van der Waals surface area contributed by atoms with Crippen molar-refractivity contribution >= 4 is 5.97 Å². The van der Waals surface area contributed by atoms with Gasteiger partial charge in [0.2, 0.25) is 0 Å². The van der Waals surface area contributed by atoms with Crippen LogP contribution in [0, 0.1) is 5.41 Å². The van der Waals surface area contributed by atoms with Crippen molar-refractivity contribution in [1.82, 2.24) is 5.32 Å². The Kier molecular flexibility index (Phi) is 5.44. The van der Waals surface area contributed by atoms with Crippen LogP contribution in [0.2, 0.25) is 0 Å². The maximum Gasteiger partial charge on any atom is 0.322 e. The zero-order valence-electron chi connectivity index (χ0n) is 13.1. The highest BCUT2D eigenvalue weighted by molar-refractivity contribution is 5.75. The molecule has 2 fully saturated rings. The number of hydrogen-bond donors (Lipinski definition) is 1. The van der Waals surface area contributed by atoms with Gasteiger partial charge >= 0.3 is 5.97 Å². The van der Waals surface area contributed by atoms with E-state index in [2.05, 4.69) is 19.2 Å². The van der Waals surface area contributed by atoms with Crippen LogP contribution in [0.15, 0.2) is 0 Å². The van der Waals surface area contributed by atoms with E-state index in [4.69, 9.17) is 9.47 Å². The van der Waals surface area contributed by atoms with E-state index in [0.717, 1.165) is 12.8 Å². The molecule has 2 rings (SSSR count). The predicted octanol–water partition coefficient (Wildman–Crippen LogP) is 2.66. The van der Waals surface area contributed by atoms with E-state index < -0.39 is 0 Å². The van der Waals surface area contributed by atoms with Crippen molar-refractivity contribution in [3.8, 4) is 0 Å². The number of rotatable bonds is 7. The number of carbonyl (C=O) groups excluding carboxylic acids is 1. The van der Waals surface area contributed by atoms with Crippen LogP contribution in [0.25, 0.3) is 0 Å². The standard InChI is InChI=1S/C16H29NO3/c1-16(2)9-6-13(7-10-16)20-11-8-14(15(18)19-3)17-12-4-5-12/h12-14,17H,4-11H2,1-3H3. The summed E-state index contributed by atoms with van der Waals surface area (Å²) in [6.07, 6.45) is 8.19. The van der Waals surface area contributed by atoms with Gasteiger partial charge in [-0.25, -0.2) is 0 Å². The van der Waals surface area contributed by atoms with Crippen LogP contribution >= 0.6 is 0 Å². The van der Waals surface area contributed by atoms with Crippen LogP contribution in [0.3, 0.4) is 0 Å². The second kappa shape index (κ2) is 6.90. The molecule has 2 aliphatic rings. The van der Waals surface area contributed by atoms with Gasteiger partial charge in [0.15, 0.2) is 0 Å². The number of nitrogens with one attached hydrogen (secondary N) is 1. The van der Waals surface area contributed by atoms with Crippen LogP contribution in [0.1, 0.15) is 58.8 Å². The van der Waals surface area contributed by atoms with E-state index in [1.165, 1.54) is 32.8 Å². The molecule has 0 aliphatic heterocycles. The largest absolute Gasteiger partial charge is 0.468 e. The maximum atomic E-state index is 11.7. The first-order valence-corrected chi connectivity index (χ1v) is 7.96. The molecule has 0 radical (unpaired) electrons. The summed E-state index contributed by atoms with van der Waals surface area (Å²) in [5, 5.41) is 3.34. The highest BCUT2D eigenvalue weighted by Crippen LogP contribution is 2.36. The summed E-state index contributed by atoms with van der Waals surface area (Å²) in [6.45, 7) is 5.30. The smallest absolute Gasteiger partial charge is 0.322 e. The summed E-state index contributed by atoms with van der Waals surface area (Å²) in [4.78, 5) is 11.7. The maximum absolute atomic E-state index is 11.7. The second-order valence-electron chi connectivity index (χ2n) is 7.04. The van der Waals surface area contributed by atoms with Crippen molar-refractivity contribution in [3.05, 3.63) is 0 Å². The van der Waals surface area contributed by atoms with Crippen LogP contribution in [-0.2, 0) is 14.3 Å². The van der Waals surface area contributed by atoms with E-state index in [9.17, 15) is 4.79 Å². The molecule has 0 heterocycles. The number of ether oxygens (including phenoxy) is 2. The quantitative estimate of drug-likeness (QED) is 0.730. The molecule has 0 aromatic rings. The third-order valence-electron chi connectivity index (χ3n) is 4.55. The molecule has 0 aromatic heterocycles. The van der Waals surface area contributed by atoms with Crippen molar-refractivity contribution in [1.29, 1.82) is 0 Å². The molecule has 116 valence electrons. The number of carbonyl (C=O) groups is 1. The molecule has 1 atom stereocenters. The number of esters is 1. The van der Waals surface area contributed by atoms with Crippen molar-refractivity contribution in [2.45, 2.75) is 77.0 Å². The Labute approximate surface area is 122 Å². The van der Waals surface area contributed by atoms with E-state index in [0.29, 0.717) is 30.6 Å². The average molecular weight is 283 g/mol. The molecule has 4 heteroatoms. The van der Waals surface area contributed by atoms with Crippen LogP contribution in [0.5, 0.6) is 0 Å². The topological polar surface area (TPSA) is 47.6 Å². The first-order chi connectivity index (χ1) is 9.50. The molecule has 0 saturated heterocycles. The highest BCUT2D eigenvalue weighted by atomic mass is 16.5. The lowest BCUT2D eigenvalue weighted by Gasteiger charge is -2.34. The predicted molar refractivity (Wildman–Crippen MR) is 78.6 cm³/mol. The zero-order valence-corrected chi connectivity index (χ0v) is 13.1. The summed E-state index contributed by atoms with van der Waals surface area (Å²) >= 11 is 0. The lowest BCUT2D eigenvalue weighted by molar-refractivity contribution is -0.144. The van der Waals surface area contributed by atoms with Gasteiger partial charge in [-0.15, -0.1) is 0 Å². The Morgan fingerprint density at radius 2 is 1.90 bits per heavy atom. The molecular formula is C16H29NO3. The van der Waals surface area contributed by atoms with Crippen LogP contribution < -0.4 is 5.32 Å². The van der Waals surface area contributed by atoms with Crippen LogP contribution in [-0.4, -0.2) is 37.9 Å². The SMILES string of the molecule is COC(=O)C(CCOC1CCC(C)(C)CC1)NC1CC1. The van der Waals surface area contributed by atoms with E-state index >= 15 is 0 Å². The highest BCUT2D eigenvalue weighted by Gasteiger charge is 2.30. The molecule has 1 unspecified atom stereocenters. The van der Waals surface area contributed by atoms with Crippen molar-refractivity contribution in [3.63, 3.8) is 0 Å². The number of hydrogen-bond acceptors (Lipinski definition) is 4. The van der Waals surface area contributed by atoms with Gasteiger partial charge in [-0.1, -0.05) is 13.8 Å². The molecule has 0 amide bonds. The average Bonchev–Trinajstić information content (AvgIpc) is 3.22. The molecule has 20 heavy (non-hydrogen) atoms. The van der Waals surface area contributed by atoms with Crippen molar-refractivity contribution in [2.24, 2.45) is 5.41 Å². The number of methoxy groups -OCH3 is 1. The normalized spacial score (nSPS) is 24.4. The third kappa shape index (κ3) is 5.06. The summed E-state index contributed by atoms with van der Waals surface area (Å²) in [6, 6.07) is 0.308. The fraction of sp³-hybridized carbons (Fsp3) is 0.938. The molecule has 0 spiro atoms. The Hall–Kier alpha value is -0.610. The monoisotopic (exact) mass is 283 g/mol. The fourth-order valence-corrected chi connectivity index (χ4v) is 2.84. The molecular weight excluding hydrogens is 254 g/mol. The summed E-state index contributed by atoms with van der Waals surface area (Å²) in [7, 11) is 1.45. The van der Waals surface area contributed by atoms with Gasteiger partial charge in [0.05, 0.1) is 13.2 Å². The van der Waals surface area contributed by atoms with Gasteiger partial charge in [0, 0.05) is 12.6 Å². The Bertz CT molecular complexity index is 316. The van der Waals surface area contributed by atoms with Gasteiger partial charge in [-0.3, -0.25) is 4.79 Å². The van der Waals surface area contributed by atoms with Gasteiger partial charge < -0.3 is 14.8 Å². The summed E-state index contributed by atoms with van der Waals surface area (Å²) in [5.74, 6) is -0.162. The summed E-state index contributed by atoms with van der Waals surface area (Å²) < 4.78 is 10.8.